The molecule has 0 saturated carbocycles. The third-order valence-electron chi connectivity index (χ3n) is 7.29. The lowest BCUT2D eigenvalue weighted by Crippen LogP contribution is -2.52. The molecule has 2 aliphatic heterocycles. The van der Waals surface area contributed by atoms with E-state index in [0.29, 0.717) is 18.6 Å². The highest BCUT2D eigenvalue weighted by atomic mass is 16.6. The molecule has 0 N–H and O–H groups in total. The van der Waals surface area contributed by atoms with Crippen molar-refractivity contribution in [2.45, 2.75) is 64.2 Å². The monoisotopic (exact) mass is 505 g/mol. The van der Waals surface area contributed by atoms with E-state index in [0.717, 1.165) is 15.7 Å². The first kappa shape index (κ1) is 25.1. The molecule has 2 fully saturated rings. The van der Waals surface area contributed by atoms with Crippen LogP contribution in [-0.2, 0) is 38.9 Å². The van der Waals surface area contributed by atoms with Crippen LogP contribution in [0.1, 0.15) is 36.3 Å². The van der Waals surface area contributed by atoms with E-state index in [2.05, 4.69) is 0 Å². The van der Waals surface area contributed by atoms with Crippen LogP contribution < -0.4 is 11.2 Å². The number of hydrogen-bond acceptors (Lipinski definition) is 6. The van der Waals surface area contributed by atoms with Gasteiger partial charge in [0.1, 0.15) is 18.9 Å². The standard InChI is InChI=1S/C28H31N3O6/c1-4-28-23(36-17-21-13-9-6-10-14-21)22(29(3)26(28)33)25(37-28)30-15-19(2)24(32)31(27(30)34)18-35-16-20-11-7-5-8-12-20/h5-15,22-23,25H,4,16-18H2,1-3H3/t22-,23?,25+,28+/m0/s1. The number of rotatable bonds is 9. The number of aromatic nitrogens is 2. The molecule has 4 atom stereocenters. The number of aryl methyl sites for hydroxylation is 1. The molecule has 3 aromatic rings. The highest BCUT2D eigenvalue weighted by Gasteiger charge is 2.69. The number of benzene rings is 2. The summed E-state index contributed by atoms with van der Waals surface area (Å²) in [7, 11) is 1.70. The Labute approximate surface area is 214 Å². The number of nitrogens with zero attached hydrogens (tertiary/aromatic N) is 3. The number of fused-ring (bicyclic) bond motifs is 2. The van der Waals surface area contributed by atoms with Gasteiger partial charge in [-0.2, -0.15) is 0 Å². The van der Waals surface area contributed by atoms with Crippen LogP contribution in [0.15, 0.2) is 76.4 Å². The molecule has 9 heteroatoms. The van der Waals surface area contributed by atoms with Crippen molar-refractivity contribution in [3.05, 3.63) is 104 Å². The minimum absolute atomic E-state index is 0.168. The van der Waals surface area contributed by atoms with Crippen LogP contribution in [-0.4, -0.2) is 44.7 Å². The second-order valence-corrected chi connectivity index (χ2v) is 9.57. The molecule has 194 valence electrons. The Morgan fingerprint density at radius 3 is 2.19 bits per heavy atom. The van der Waals surface area contributed by atoms with Crippen molar-refractivity contribution in [1.82, 2.24) is 14.0 Å². The normalized spacial score (nSPS) is 24.7. The van der Waals surface area contributed by atoms with Crippen LogP contribution in [0.2, 0.25) is 0 Å². The maximum Gasteiger partial charge on any atom is 0.335 e. The molecular formula is C28H31N3O6. The fourth-order valence-electron chi connectivity index (χ4n) is 5.31. The SMILES string of the molecule is CC[C@@]12O[C@@H](n3cc(C)c(=O)n(COCc4ccccc4)c3=O)[C@H](C1OCc1ccccc1)N(C)C2=O. The van der Waals surface area contributed by atoms with Crippen molar-refractivity contribution >= 4 is 5.91 Å². The molecule has 2 aliphatic rings. The summed E-state index contributed by atoms with van der Waals surface area (Å²) in [6.07, 6.45) is 0.494. The molecule has 1 aromatic heterocycles. The van der Waals surface area contributed by atoms with Gasteiger partial charge in [0.05, 0.1) is 13.2 Å². The zero-order valence-electron chi connectivity index (χ0n) is 21.2. The average molecular weight is 506 g/mol. The van der Waals surface area contributed by atoms with Crippen LogP contribution in [0.4, 0.5) is 0 Å². The summed E-state index contributed by atoms with van der Waals surface area (Å²) in [5, 5.41) is 0. The molecule has 0 radical (unpaired) electrons. The van der Waals surface area contributed by atoms with Crippen molar-refractivity contribution in [2.24, 2.45) is 0 Å². The summed E-state index contributed by atoms with van der Waals surface area (Å²) in [5.74, 6) is -0.168. The second-order valence-electron chi connectivity index (χ2n) is 9.57. The van der Waals surface area contributed by atoms with Gasteiger partial charge in [0.2, 0.25) is 0 Å². The quantitative estimate of drug-likeness (QED) is 0.444. The van der Waals surface area contributed by atoms with Gasteiger partial charge in [-0.25, -0.2) is 9.36 Å². The van der Waals surface area contributed by atoms with E-state index in [9.17, 15) is 14.4 Å². The molecular weight excluding hydrogens is 474 g/mol. The van der Waals surface area contributed by atoms with Crippen molar-refractivity contribution < 1.29 is 19.0 Å². The summed E-state index contributed by atoms with van der Waals surface area (Å²) >= 11 is 0. The summed E-state index contributed by atoms with van der Waals surface area (Å²) in [4.78, 5) is 41.2. The lowest BCUT2D eigenvalue weighted by atomic mass is 9.95. The fraction of sp³-hybridized carbons (Fsp3) is 0.393. The second kappa shape index (κ2) is 10.1. The average Bonchev–Trinajstić information content (AvgIpc) is 3.35. The molecule has 5 rings (SSSR count). The summed E-state index contributed by atoms with van der Waals surface area (Å²) in [6.45, 7) is 3.89. The number of carbonyl (C=O) groups excluding carboxylic acids is 1. The highest BCUT2D eigenvalue weighted by molar-refractivity contribution is 5.90. The zero-order valence-corrected chi connectivity index (χ0v) is 21.2. The molecule has 1 amide bonds. The summed E-state index contributed by atoms with van der Waals surface area (Å²) in [6, 6.07) is 18.7. The van der Waals surface area contributed by atoms with Crippen molar-refractivity contribution in [1.29, 1.82) is 0 Å². The third-order valence-corrected chi connectivity index (χ3v) is 7.29. The van der Waals surface area contributed by atoms with Gasteiger partial charge in [-0.05, 0) is 24.5 Å². The largest absolute Gasteiger partial charge is 0.368 e. The molecule has 0 spiro atoms. The van der Waals surface area contributed by atoms with Crippen LogP contribution in [0.25, 0.3) is 0 Å². The molecule has 1 unspecified atom stereocenters. The van der Waals surface area contributed by atoms with E-state index < -0.39 is 35.2 Å². The first-order valence-electron chi connectivity index (χ1n) is 12.4. The number of ether oxygens (including phenoxy) is 3. The molecule has 0 aliphatic carbocycles. The minimum Gasteiger partial charge on any atom is -0.368 e. The van der Waals surface area contributed by atoms with E-state index >= 15 is 0 Å². The fourth-order valence-corrected chi connectivity index (χ4v) is 5.31. The van der Waals surface area contributed by atoms with Gasteiger partial charge in [0, 0.05) is 18.8 Å². The van der Waals surface area contributed by atoms with Gasteiger partial charge in [-0.15, -0.1) is 0 Å². The van der Waals surface area contributed by atoms with Crippen LogP contribution in [0, 0.1) is 6.92 Å². The molecule has 2 aromatic carbocycles. The van der Waals surface area contributed by atoms with Crippen LogP contribution in [0.5, 0.6) is 0 Å². The topological polar surface area (TPSA) is 92.0 Å². The Balaban J connectivity index is 1.44. The van der Waals surface area contributed by atoms with E-state index in [1.807, 2.05) is 67.6 Å². The number of carbonyl (C=O) groups is 1. The van der Waals surface area contributed by atoms with Crippen molar-refractivity contribution in [3.63, 3.8) is 0 Å². The molecule has 2 bridgehead atoms. The number of morpholine rings is 1. The number of likely N-dealkylation sites (tertiary alicyclic amines) is 1. The van der Waals surface area contributed by atoms with Crippen molar-refractivity contribution in [3.8, 4) is 0 Å². The van der Waals surface area contributed by atoms with Gasteiger partial charge in [-0.3, -0.25) is 14.2 Å². The minimum atomic E-state index is -1.21. The lowest BCUT2D eigenvalue weighted by Gasteiger charge is -2.34. The lowest BCUT2D eigenvalue weighted by molar-refractivity contribution is -0.178. The Bertz CT molecular complexity index is 1390. The van der Waals surface area contributed by atoms with Crippen LogP contribution >= 0.6 is 0 Å². The summed E-state index contributed by atoms with van der Waals surface area (Å²) in [5.41, 5.74) is 0.0821. The van der Waals surface area contributed by atoms with E-state index in [1.165, 1.54) is 10.8 Å². The Morgan fingerprint density at radius 1 is 0.946 bits per heavy atom. The van der Waals surface area contributed by atoms with Gasteiger partial charge in [-0.1, -0.05) is 67.6 Å². The first-order valence-corrected chi connectivity index (χ1v) is 12.4. The smallest absolute Gasteiger partial charge is 0.335 e. The van der Waals surface area contributed by atoms with E-state index in [-0.39, 0.29) is 19.2 Å². The van der Waals surface area contributed by atoms with E-state index in [4.69, 9.17) is 14.2 Å². The predicted molar refractivity (Wildman–Crippen MR) is 136 cm³/mol. The molecule has 2 saturated heterocycles. The maximum absolute atomic E-state index is 13.5. The predicted octanol–water partition coefficient (Wildman–Crippen LogP) is 2.60. The first-order chi connectivity index (χ1) is 17.9. The molecule has 9 nitrogen and oxygen atoms in total. The van der Waals surface area contributed by atoms with Crippen LogP contribution in [0.3, 0.4) is 0 Å². The maximum atomic E-state index is 13.5. The number of amides is 1. The van der Waals surface area contributed by atoms with Gasteiger partial charge >= 0.3 is 5.69 Å². The zero-order chi connectivity index (χ0) is 26.2. The third kappa shape index (κ3) is 4.33. The Hall–Kier alpha value is -3.53. The Kier molecular flexibility index (Phi) is 6.85. The Morgan fingerprint density at radius 2 is 1.57 bits per heavy atom. The van der Waals surface area contributed by atoms with Crippen molar-refractivity contribution in [2.75, 3.05) is 7.05 Å². The van der Waals surface area contributed by atoms with Gasteiger partial charge in [0.25, 0.3) is 11.5 Å². The molecule has 37 heavy (non-hydrogen) atoms. The highest BCUT2D eigenvalue weighted by Crippen LogP contribution is 2.49. The molecule has 3 heterocycles. The van der Waals surface area contributed by atoms with Gasteiger partial charge < -0.3 is 19.1 Å². The van der Waals surface area contributed by atoms with Gasteiger partial charge in [0.15, 0.2) is 11.8 Å². The van der Waals surface area contributed by atoms with E-state index in [1.54, 1.807) is 18.9 Å². The number of likely N-dealkylation sites (N-methyl/N-ethyl adjacent to an activating group) is 1. The number of hydrogen-bond donors (Lipinski definition) is 0. The summed E-state index contributed by atoms with van der Waals surface area (Å²) < 4.78 is 20.8.